The molecule has 2 aromatic rings. The second-order valence-electron chi connectivity index (χ2n) is 6.11. The van der Waals surface area contributed by atoms with Crippen LogP contribution >= 0.6 is 11.6 Å². The van der Waals surface area contributed by atoms with Gasteiger partial charge in [0.05, 0.1) is 24.4 Å². The number of ether oxygens (including phenoxy) is 1. The zero-order valence-corrected chi connectivity index (χ0v) is 13.5. The number of rotatable bonds is 4. The van der Waals surface area contributed by atoms with Gasteiger partial charge in [0.15, 0.2) is 0 Å². The molecule has 1 saturated carbocycles. The molecule has 0 N–H and O–H groups in total. The molecule has 0 radical (unpaired) electrons. The molecule has 1 aromatic heterocycles. The van der Waals surface area contributed by atoms with Crippen molar-refractivity contribution >= 4 is 17.5 Å². The lowest BCUT2D eigenvalue weighted by atomic mass is 10.1. The number of aromatic nitrogens is 3. The molecule has 2 aliphatic rings. The maximum absolute atomic E-state index is 12.6. The Morgan fingerprint density at radius 1 is 1.35 bits per heavy atom. The van der Waals surface area contributed by atoms with Crippen LogP contribution in [0, 0.1) is 0 Å². The Bertz CT molecular complexity index is 750. The summed E-state index contributed by atoms with van der Waals surface area (Å²) in [6, 6.07) is 5.28. The van der Waals surface area contributed by atoms with Crippen molar-refractivity contribution in [2.24, 2.45) is 0 Å². The molecule has 0 atom stereocenters. The first-order chi connectivity index (χ1) is 11.2. The summed E-state index contributed by atoms with van der Waals surface area (Å²) in [6.07, 6.45) is 4.44. The highest BCUT2D eigenvalue weighted by atomic mass is 35.5. The van der Waals surface area contributed by atoms with E-state index >= 15 is 0 Å². The first kappa shape index (κ1) is 14.5. The standard InChI is InChI=1S/C16H17ClN4O2/c1-23-15-5-4-11(17)6-13(15)16(22)20-7-12(8-20)21-9-14(18-19-21)10-2-3-10/h4-6,9-10,12H,2-3,7-8H2,1H3. The number of nitrogens with zero attached hydrogens (tertiary/aromatic N) is 4. The fraction of sp³-hybridized carbons (Fsp3) is 0.438. The van der Waals surface area contributed by atoms with Gasteiger partial charge in [0.2, 0.25) is 0 Å². The lowest BCUT2D eigenvalue weighted by molar-refractivity contribution is 0.0495. The van der Waals surface area contributed by atoms with Gasteiger partial charge in [-0.1, -0.05) is 16.8 Å². The molecule has 7 heteroatoms. The highest BCUT2D eigenvalue weighted by molar-refractivity contribution is 6.31. The summed E-state index contributed by atoms with van der Waals surface area (Å²) in [4.78, 5) is 14.4. The van der Waals surface area contributed by atoms with Gasteiger partial charge in [-0.05, 0) is 31.0 Å². The molecule has 6 nitrogen and oxygen atoms in total. The summed E-state index contributed by atoms with van der Waals surface area (Å²) in [5, 5.41) is 8.94. The van der Waals surface area contributed by atoms with Crippen molar-refractivity contribution < 1.29 is 9.53 Å². The molecule has 0 spiro atoms. The first-order valence-corrected chi connectivity index (χ1v) is 8.08. The quantitative estimate of drug-likeness (QED) is 0.863. The average molecular weight is 333 g/mol. The van der Waals surface area contributed by atoms with Crippen molar-refractivity contribution in [1.29, 1.82) is 0 Å². The van der Waals surface area contributed by atoms with Crippen LogP contribution < -0.4 is 4.74 Å². The van der Waals surface area contributed by atoms with Crippen molar-refractivity contribution in [2.45, 2.75) is 24.8 Å². The van der Waals surface area contributed by atoms with Gasteiger partial charge < -0.3 is 9.64 Å². The van der Waals surface area contributed by atoms with E-state index in [1.165, 1.54) is 12.8 Å². The van der Waals surface area contributed by atoms with E-state index in [4.69, 9.17) is 16.3 Å². The molecule has 1 saturated heterocycles. The minimum atomic E-state index is -0.0665. The summed E-state index contributed by atoms with van der Waals surface area (Å²) in [5.41, 5.74) is 1.57. The van der Waals surface area contributed by atoms with E-state index in [9.17, 15) is 4.79 Å². The van der Waals surface area contributed by atoms with Crippen LogP contribution in [0.15, 0.2) is 24.4 Å². The number of halogens is 1. The molecule has 120 valence electrons. The number of carbonyl (C=O) groups excluding carboxylic acids is 1. The molecule has 23 heavy (non-hydrogen) atoms. The Morgan fingerprint density at radius 3 is 2.83 bits per heavy atom. The van der Waals surface area contributed by atoms with Crippen molar-refractivity contribution in [1.82, 2.24) is 19.9 Å². The third kappa shape index (κ3) is 2.67. The van der Waals surface area contributed by atoms with E-state index in [-0.39, 0.29) is 11.9 Å². The monoisotopic (exact) mass is 332 g/mol. The van der Waals surface area contributed by atoms with Crippen LogP contribution in [0.3, 0.4) is 0 Å². The predicted molar refractivity (Wildman–Crippen MR) is 84.9 cm³/mol. The Kier molecular flexibility index (Phi) is 3.49. The topological polar surface area (TPSA) is 60.2 Å². The van der Waals surface area contributed by atoms with Gasteiger partial charge in [-0.25, -0.2) is 4.68 Å². The summed E-state index contributed by atoms with van der Waals surface area (Å²) in [5.74, 6) is 1.07. The van der Waals surface area contributed by atoms with Crippen LogP contribution in [0.4, 0.5) is 0 Å². The van der Waals surface area contributed by atoms with Crippen LogP contribution in [0.5, 0.6) is 5.75 Å². The fourth-order valence-electron chi connectivity index (χ4n) is 2.84. The molecular formula is C16H17ClN4O2. The number of carbonyl (C=O) groups is 1. The minimum Gasteiger partial charge on any atom is -0.496 e. The van der Waals surface area contributed by atoms with E-state index < -0.39 is 0 Å². The van der Waals surface area contributed by atoms with Crippen LogP contribution in [-0.4, -0.2) is 46.0 Å². The van der Waals surface area contributed by atoms with Crippen LogP contribution in [-0.2, 0) is 0 Å². The van der Waals surface area contributed by atoms with E-state index in [0.717, 1.165) is 5.69 Å². The van der Waals surface area contributed by atoms with Gasteiger partial charge in [0.25, 0.3) is 5.91 Å². The predicted octanol–water partition coefficient (Wildman–Crippen LogP) is 2.51. The lowest BCUT2D eigenvalue weighted by Gasteiger charge is -2.39. The van der Waals surface area contributed by atoms with Crippen molar-refractivity contribution in [3.05, 3.63) is 40.7 Å². The fourth-order valence-corrected chi connectivity index (χ4v) is 3.01. The smallest absolute Gasteiger partial charge is 0.257 e. The van der Waals surface area contributed by atoms with Gasteiger partial charge in [0.1, 0.15) is 5.75 Å². The average Bonchev–Trinajstić information content (AvgIpc) is 3.25. The van der Waals surface area contributed by atoms with E-state index in [1.54, 1.807) is 30.2 Å². The van der Waals surface area contributed by atoms with Crippen molar-refractivity contribution in [2.75, 3.05) is 20.2 Å². The van der Waals surface area contributed by atoms with Crippen LogP contribution in [0.2, 0.25) is 5.02 Å². The minimum absolute atomic E-state index is 0.0665. The van der Waals surface area contributed by atoms with Crippen molar-refractivity contribution in [3.63, 3.8) is 0 Å². The highest BCUT2D eigenvalue weighted by Gasteiger charge is 2.35. The Balaban J connectivity index is 1.44. The second kappa shape index (κ2) is 5.53. The van der Waals surface area contributed by atoms with Crippen LogP contribution in [0.1, 0.15) is 40.9 Å². The largest absolute Gasteiger partial charge is 0.496 e. The molecule has 1 amide bonds. The molecule has 0 bridgehead atoms. The summed E-state index contributed by atoms with van der Waals surface area (Å²) >= 11 is 6.00. The SMILES string of the molecule is COc1ccc(Cl)cc1C(=O)N1CC(n2cc(C3CC3)nn2)C1. The molecular weight excluding hydrogens is 316 g/mol. The molecule has 4 rings (SSSR count). The van der Waals surface area contributed by atoms with Gasteiger partial charge in [-0.15, -0.1) is 5.10 Å². The van der Waals surface area contributed by atoms with Gasteiger partial charge in [0, 0.05) is 30.2 Å². The van der Waals surface area contributed by atoms with Gasteiger partial charge >= 0.3 is 0 Å². The highest BCUT2D eigenvalue weighted by Crippen LogP contribution is 2.39. The van der Waals surface area contributed by atoms with E-state index in [1.807, 2.05) is 10.9 Å². The Labute approximate surface area is 139 Å². The number of likely N-dealkylation sites (tertiary alicyclic amines) is 1. The molecule has 1 aromatic carbocycles. The number of amides is 1. The summed E-state index contributed by atoms with van der Waals surface area (Å²) < 4.78 is 7.14. The maximum Gasteiger partial charge on any atom is 0.257 e. The van der Waals surface area contributed by atoms with E-state index in [2.05, 4.69) is 10.3 Å². The normalized spacial score (nSPS) is 17.9. The third-order valence-electron chi connectivity index (χ3n) is 4.44. The zero-order valence-electron chi connectivity index (χ0n) is 12.8. The van der Waals surface area contributed by atoms with Gasteiger partial charge in [-0.3, -0.25) is 4.79 Å². The first-order valence-electron chi connectivity index (χ1n) is 7.70. The zero-order chi connectivity index (χ0) is 16.0. The second-order valence-corrected chi connectivity index (χ2v) is 6.54. The Hall–Kier alpha value is -2.08. The molecule has 1 aliphatic heterocycles. The number of benzene rings is 1. The van der Waals surface area contributed by atoms with Crippen molar-refractivity contribution in [3.8, 4) is 5.75 Å². The number of hydrogen-bond acceptors (Lipinski definition) is 4. The number of methoxy groups -OCH3 is 1. The Morgan fingerprint density at radius 2 is 2.13 bits per heavy atom. The lowest BCUT2D eigenvalue weighted by Crippen LogP contribution is -2.51. The molecule has 0 unspecified atom stereocenters. The summed E-state index contributed by atoms with van der Waals surface area (Å²) in [6.45, 7) is 1.25. The van der Waals surface area contributed by atoms with Crippen LogP contribution in [0.25, 0.3) is 0 Å². The maximum atomic E-state index is 12.6. The molecule has 2 fully saturated rings. The van der Waals surface area contributed by atoms with Gasteiger partial charge in [-0.2, -0.15) is 0 Å². The number of hydrogen-bond donors (Lipinski definition) is 0. The van der Waals surface area contributed by atoms with E-state index in [0.29, 0.717) is 35.3 Å². The molecule has 1 aliphatic carbocycles. The summed E-state index contributed by atoms with van der Waals surface area (Å²) in [7, 11) is 1.55. The third-order valence-corrected chi connectivity index (χ3v) is 4.67. The molecule has 2 heterocycles.